The third-order valence-corrected chi connectivity index (χ3v) is 7.49. The molecule has 4 heterocycles. The topological polar surface area (TPSA) is 64.4 Å². The van der Waals surface area contributed by atoms with E-state index >= 15 is 0 Å². The first-order chi connectivity index (χ1) is 19.5. The quantitative estimate of drug-likeness (QED) is 0.223. The van der Waals surface area contributed by atoms with E-state index in [1.165, 1.54) is 0 Å². The molecule has 2 atom stereocenters. The molecule has 5 aromatic rings. The Bertz CT molecular complexity index is 1620. The van der Waals surface area contributed by atoms with Crippen molar-refractivity contribution < 1.29 is 9.47 Å². The van der Waals surface area contributed by atoms with Gasteiger partial charge in [-0.15, -0.1) is 0 Å². The third kappa shape index (κ3) is 4.78. The van der Waals surface area contributed by atoms with Gasteiger partial charge in [0.2, 0.25) is 0 Å². The average Bonchev–Trinajstić information content (AvgIpc) is 3.49. The second-order valence-electron chi connectivity index (χ2n) is 9.62. The number of benzene rings is 2. The van der Waals surface area contributed by atoms with Crippen molar-refractivity contribution in [2.75, 3.05) is 12.0 Å². The molecule has 0 amide bonds. The molecule has 1 saturated heterocycles. The van der Waals surface area contributed by atoms with Crippen molar-refractivity contribution >= 4 is 23.0 Å². The van der Waals surface area contributed by atoms with Crippen LogP contribution in [0.25, 0.3) is 5.82 Å². The fourth-order valence-electron chi connectivity index (χ4n) is 5.33. The largest absolute Gasteiger partial charge is 0.497 e. The van der Waals surface area contributed by atoms with Crippen LogP contribution in [-0.4, -0.2) is 26.8 Å². The number of aryl methyl sites for hydroxylation is 1. The predicted molar refractivity (Wildman–Crippen MR) is 160 cm³/mol. The van der Waals surface area contributed by atoms with Crippen molar-refractivity contribution in [3.8, 4) is 23.1 Å². The van der Waals surface area contributed by atoms with Crippen molar-refractivity contribution in [3.63, 3.8) is 0 Å². The normalized spacial score (nSPS) is 16.6. The molecule has 6 rings (SSSR count). The Balaban J connectivity index is 1.38. The van der Waals surface area contributed by atoms with Gasteiger partial charge in [-0.2, -0.15) is 0 Å². The molecular formula is C32H29N5O2S. The second kappa shape index (κ2) is 10.8. The molecule has 0 spiro atoms. The molecule has 2 aromatic carbocycles. The van der Waals surface area contributed by atoms with Crippen LogP contribution < -0.4 is 19.7 Å². The van der Waals surface area contributed by atoms with Gasteiger partial charge < -0.3 is 24.3 Å². The van der Waals surface area contributed by atoms with Gasteiger partial charge in [0.25, 0.3) is 0 Å². The van der Waals surface area contributed by atoms with E-state index in [-0.39, 0.29) is 12.1 Å². The van der Waals surface area contributed by atoms with Gasteiger partial charge in [0.1, 0.15) is 23.1 Å². The maximum atomic E-state index is 6.07. The van der Waals surface area contributed by atoms with Crippen LogP contribution in [0.3, 0.4) is 0 Å². The van der Waals surface area contributed by atoms with E-state index in [1.54, 1.807) is 7.11 Å². The lowest BCUT2D eigenvalue weighted by Crippen LogP contribution is -2.29. The van der Waals surface area contributed by atoms with E-state index in [0.717, 1.165) is 51.4 Å². The van der Waals surface area contributed by atoms with Crippen LogP contribution in [0.2, 0.25) is 0 Å². The molecular weight excluding hydrogens is 518 g/mol. The smallest absolute Gasteiger partial charge is 0.174 e. The van der Waals surface area contributed by atoms with Gasteiger partial charge in [0.15, 0.2) is 5.11 Å². The fraction of sp³-hybridized carbons (Fsp3) is 0.156. The SMILES string of the molecule is COc1ccc(Oc2ccc(N3C(=S)NC(c4ccccn4)C3c3cc(C)n(-c4ccccn4)c3C)cc2)cc1. The van der Waals surface area contributed by atoms with Crippen LogP contribution in [0.1, 0.15) is 34.7 Å². The van der Waals surface area contributed by atoms with Crippen LogP contribution in [0, 0.1) is 13.8 Å². The summed E-state index contributed by atoms with van der Waals surface area (Å²) in [5.74, 6) is 3.15. The van der Waals surface area contributed by atoms with Crippen LogP contribution in [0.15, 0.2) is 103 Å². The highest BCUT2D eigenvalue weighted by atomic mass is 32.1. The first kappa shape index (κ1) is 25.6. The molecule has 8 heteroatoms. The monoisotopic (exact) mass is 547 g/mol. The van der Waals surface area contributed by atoms with Crippen molar-refractivity contribution in [2.45, 2.75) is 25.9 Å². The van der Waals surface area contributed by atoms with E-state index in [1.807, 2.05) is 97.3 Å². The van der Waals surface area contributed by atoms with E-state index in [9.17, 15) is 0 Å². The summed E-state index contributed by atoms with van der Waals surface area (Å²) in [7, 11) is 1.65. The van der Waals surface area contributed by atoms with Crippen molar-refractivity contribution in [1.82, 2.24) is 19.9 Å². The summed E-state index contributed by atoms with van der Waals surface area (Å²) in [5, 5.41) is 4.20. The van der Waals surface area contributed by atoms with Gasteiger partial charge in [0.05, 0.1) is 24.9 Å². The van der Waals surface area contributed by atoms with Gasteiger partial charge >= 0.3 is 0 Å². The Hall–Kier alpha value is -4.69. The summed E-state index contributed by atoms with van der Waals surface area (Å²) in [4.78, 5) is 11.5. The van der Waals surface area contributed by atoms with Crippen LogP contribution in [0.5, 0.6) is 17.2 Å². The lowest BCUT2D eigenvalue weighted by molar-refractivity contribution is 0.413. The average molecular weight is 548 g/mol. The zero-order valence-corrected chi connectivity index (χ0v) is 23.3. The minimum Gasteiger partial charge on any atom is -0.497 e. The van der Waals surface area contributed by atoms with Crippen LogP contribution in [-0.2, 0) is 0 Å². The molecule has 0 bridgehead atoms. The molecule has 3 aromatic heterocycles. The Morgan fingerprint density at radius 3 is 2.08 bits per heavy atom. The number of ether oxygens (including phenoxy) is 2. The Morgan fingerprint density at radius 2 is 1.45 bits per heavy atom. The molecule has 1 aliphatic rings. The number of methoxy groups -OCH3 is 1. The number of thiocarbonyl (C=S) groups is 1. The molecule has 7 nitrogen and oxygen atoms in total. The lowest BCUT2D eigenvalue weighted by Gasteiger charge is -2.28. The van der Waals surface area contributed by atoms with Crippen LogP contribution in [0.4, 0.5) is 5.69 Å². The van der Waals surface area contributed by atoms with Crippen molar-refractivity contribution in [1.29, 1.82) is 0 Å². The summed E-state index contributed by atoms with van der Waals surface area (Å²) < 4.78 is 13.5. The summed E-state index contributed by atoms with van der Waals surface area (Å²) in [5.41, 5.74) is 5.26. The second-order valence-corrected chi connectivity index (χ2v) is 10.0. The minimum absolute atomic E-state index is 0.126. The molecule has 2 unspecified atom stereocenters. The highest BCUT2D eigenvalue weighted by Crippen LogP contribution is 2.44. The third-order valence-electron chi connectivity index (χ3n) is 7.18. The summed E-state index contributed by atoms with van der Waals surface area (Å²) >= 11 is 5.94. The van der Waals surface area contributed by atoms with E-state index in [2.05, 4.69) is 39.7 Å². The number of aromatic nitrogens is 3. The fourth-order valence-corrected chi connectivity index (χ4v) is 5.68. The van der Waals surface area contributed by atoms with Gasteiger partial charge in [0, 0.05) is 29.5 Å². The summed E-state index contributed by atoms with van der Waals surface area (Å²) in [6.45, 7) is 4.25. The highest BCUT2D eigenvalue weighted by Gasteiger charge is 2.42. The first-order valence-electron chi connectivity index (χ1n) is 13.1. The summed E-state index contributed by atoms with van der Waals surface area (Å²) in [6.07, 6.45) is 3.64. The minimum atomic E-state index is -0.137. The number of nitrogens with zero attached hydrogens (tertiary/aromatic N) is 4. The number of nitrogens with one attached hydrogen (secondary N) is 1. The zero-order chi connectivity index (χ0) is 27.6. The number of rotatable bonds is 7. The number of hydrogen-bond acceptors (Lipinski definition) is 5. The Labute approximate surface area is 239 Å². The first-order valence-corrected chi connectivity index (χ1v) is 13.5. The van der Waals surface area contributed by atoms with Gasteiger partial charge in [-0.1, -0.05) is 12.1 Å². The number of anilines is 1. The molecule has 1 fully saturated rings. The van der Waals surface area contributed by atoms with Crippen molar-refractivity contribution in [3.05, 3.63) is 126 Å². The molecule has 1 N–H and O–H groups in total. The number of hydrogen-bond donors (Lipinski definition) is 1. The van der Waals surface area contributed by atoms with Gasteiger partial charge in [-0.05, 0) is 110 Å². The molecule has 200 valence electrons. The number of pyridine rings is 2. The predicted octanol–water partition coefficient (Wildman–Crippen LogP) is 6.86. The van der Waals surface area contributed by atoms with E-state index in [4.69, 9.17) is 26.7 Å². The van der Waals surface area contributed by atoms with E-state index < -0.39 is 0 Å². The van der Waals surface area contributed by atoms with Crippen LogP contribution >= 0.6 is 12.2 Å². The molecule has 40 heavy (non-hydrogen) atoms. The molecule has 0 aliphatic carbocycles. The van der Waals surface area contributed by atoms with Crippen molar-refractivity contribution in [2.24, 2.45) is 0 Å². The highest BCUT2D eigenvalue weighted by molar-refractivity contribution is 7.80. The van der Waals surface area contributed by atoms with Gasteiger partial charge in [-0.25, -0.2) is 4.98 Å². The molecule has 1 aliphatic heterocycles. The lowest BCUT2D eigenvalue weighted by atomic mass is 9.96. The molecule has 0 saturated carbocycles. The Kier molecular flexibility index (Phi) is 6.92. The zero-order valence-electron chi connectivity index (χ0n) is 22.5. The maximum Gasteiger partial charge on any atom is 0.174 e. The van der Waals surface area contributed by atoms with E-state index in [0.29, 0.717) is 5.11 Å². The van der Waals surface area contributed by atoms with Gasteiger partial charge in [-0.3, -0.25) is 4.98 Å². The molecule has 0 radical (unpaired) electrons. The summed E-state index contributed by atoms with van der Waals surface area (Å²) in [6, 6.07) is 29.4. The Morgan fingerprint density at radius 1 is 0.800 bits per heavy atom. The standard InChI is InChI=1S/C32H29N5O2S/c1-21-20-27(22(2)36(21)29-9-5-7-19-34-29)31-30(28-8-4-6-18-33-28)35-32(40)37(31)23-10-12-25(13-11-23)39-26-16-14-24(38-3)15-17-26/h4-20,30-31H,1-3H3,(H,35,40). The maximum absolute atomic E-state index is 6.07.